The van der Waals surface area contributed by atoms with E-state index in [4.69, 9.17) is 0 Å². The number of aryl methyl sites for hydroxylation is 1. The maximum absolute atomic E-state index is 12.3. The minimum atomic E-state index is -0.134. The van der Waals surface area contributed by atoms with Gasteiger partial charge < -0.3 is 10.6 Å². The summed E-state index contributed by atoms with van der Waals surface area (Å²) >= 11 is 0. The van der Waals surface area contributed by atoms with E-state index in [9.17, 15) is 4.79 Å². The Morgan fingerprint density at radius 2 is 2.24 bits per heavy atom. The Morgan fingerprint density at radius 3 is 2.90 bits per heavy atom. The fourth-order valence-corrected chi connectivity index (χ4v) is 1.96. The first kappa shape index (κ1) is 15.0. The van der Waals surface area contributed by atoms with E-state index in [1.54, 1.807) is 29.2 Å². The molecule has 0 unspecified atom stereocenters. The summed E-state index contributed by atoms with van der Waals surface area (Å²) in [7, 11) is 1.88. The van der Waals surface area contributed by atoms with Crippen LogP contribution >= 0.6 is 0 Å². The third-order valence-electron chi connectivity index (χ3n) is 3.37. The molecule has 2 aromatic rings. The summed E-state index contributed by atoms with van der Waals surface area (Å²) in [4.78, 5) is 16.5. The van der Waals surface area contributed by atoms with E-state index in [1.807, 2.05) is 14.0 Å². The van der Waals surface area contributed by atoms with Crippen molar-refractivity contribution < 1.29 is 4.79 Å². The second-order valence-electron chi connectivity index (χ2n) is 4.89. The molecule has 2 aromatic heterocycles. The number of aromatic nitrogens is 3. The number of carbonyl (C=O) groups is 1. The first-order valence-electron chi connectivity index (χ1n) is 7.08. The van der Waals surface area contributed by atoms with Crippen LogP contribution in [0, 0.1) is 6.92 Å². The minimum absolute atomic E-state index is 0.134. The summed E-state index contributed by atoms with van der Waals surface area (Å²) in [6.07, 6.45) is 4.43. The lowest BCUT2D eigenvalue weighted by atomic mass is 10.2. The molecule has 6 nitrogen and oxygen atoms in total. The number of pyridine rings is 1. The molecule has 2 rings (SSSR count). The van der Waals surface area contributed by atoms with Crippen LogP contribution in [-0.4, -0.2) is 27.2 Å². The molecule has 0 aliphatic carbocycles. The van der Waals surface area contributed by atoms with Crippen molar-refractivity contribution >= 4 is 11.7 Å². The van der Waals surface area contributed by atoms with Gasteiger partial charge in [0.05, 0.1) is 11.8 Å². The molecule has 2 N–H and O–H groups in total. The summed E-state index contributed by atoms with van der Waals surface area (Å²) in [6.45, 7) is 5.30. The van der Waals surface area contributed by atoms with Gasteiger partial charge in [0.2, 0.25) is 0 Å². The lowest BCUT2D eigenvalue weighted by molar-refractivity contribution is 0.0951. The smallest absolute Gasteiger partial charge is 0.255 e. The summed E-state index contributed by atoms with van der Waals surface area (Å²) in [5.74, 6) is 0.490. The Labute approximate surface area is 124 Å². The zero-order chi connectivity index (χ0) is 15.2. The molecule has 0 radical (unpaired) electrons. The van der Waals surface area contributed by atoms with Gasteiger partial charge in [-0.1, -0.05) is 6.92 Å². The number of rotatable bonds is 6. The number of hydrogen-bond acceptors (Lipinski definition) is 4. The summed E-state index contributed by atoms with van der Waals surface area (Å²) in [6, 6.07) is 3.54. The van der Waals surface area contributed by atoms with Crippen LogP contribution in [0.25, 0.3) is 0 Å². The predicted octanol–water partition coefficient (Wildman–Crippen LogP) is 1.88. The van der Waals surface area contributed by atoms with Gasteiger partial charge in [-0.2, -0.15) is 5.10 Å². The average Bonchev–Trinajstić information content (AvgIpc) is 2.82. The third kappa shape index (κ3) is 3.59. The summed E-state index contributed by atoms with van der Waals surface area (Å²) in [5.41, 5.74) is 2.62. The highest BCUT2D eigenvalue weighted by molar-refractivity contribution is 5.98. The highest BCUT2D eigenvalue weighted by Gasteiger charge is 2.12. The second kappa shape index (κ2) is 6.88. The molecular weight excluding hydrogens is 266 g/mol. The van der Waals surface area contributed by atoms with Gasteiger partial charge in [-0.3, -0.25) is 9.48 Å². The van der Waals surface area contributed by atoms with Gasteiger partial charge in [-0.25, -0.2) is 4.98 Å². The SMILES string of the molecule is CCCNc1ncccc1C(=O)NCc1cnn(C)c1C. The van der Waals surface area contributed by atoms with Crippen molar-refractivity contribution in [3.8, 4) is 0 Å². The molecule has 0 spiro atoms. The molecule has 0 saturated heterocycles. The van der Waals surface area contributed by atoms with Crippen LogP contribution in [0.1, 0.15) is 35.0 Å². The lowest BCUT2D eigenvalue weighted by Crippen LogP contribution is -2.24. The Kier molecular flexibility index (Phi) is 4.92. The monoisotopic (exact) mass is 287 g/mol. The highest BCUT2D eigenvalue weighted by Crippen LogP contribution is 2.12. The Hall–Kier alpha value is -2.37. The second-order valence-corrected chi connectivity index (χ2v) is 4.89. The third-order valence-corrected chi connectivity index (χ3v) is 3.37. The molecule has 21 heavy (non-hydrogen) atoms. The molecule has 0 bridgehead atoms. The van der Waals surface area contributed by atoms with Gasteiger partial charge >= 0.3 is 0 Å². The number of nitrogens with one attached hydrogen (secondary N) is 2. The van der Waals surface area contributed by atoms with E-state index in [0.29, 0.717) is 17.9 Å². The van der Waals surface area contributed by atoms with E-state index in [2.05, 4.69) is 27.6 Å². The summed E-state index contributed by atoms with van der Waals surface area (Å²) < 4.78 is 1.79. The van der Waals surface area contributed by atoms with Crippen LogP contribution in [0.2, 0.25) is 0 Å². The van der Waals surface area contributed by atoms with Gasteiger partial charge in [0, 0.05) is 37.6 Å². The van der Waals surface area contributed by atoms with Crippen LogP contribution in [0.5, 0.6) is 0 Å². The molecule has 0 atom stereocenters. The molecule has 6 heteroatoms. The molecule has 112 valence electrons. The van der Waals surface area contributed by atoms with Crippen molar-refractivity contribution in [1.29, 1.82) is 0 Å². The largest absolute Gasteiger partial charge is 0.369 e. The standard InChI is InChI=1S/C15H21N5O/c1-4-7-16-14-13(6-5-8-17-14)15(21)18-9-12-10-19-20(3)11(12)2/h5-6,8,10H,4,7,9H2,1-3H3,(H,16,17)(H,18,21). The molecule has 0 fully saturated rings. The van der Waals surface area contributed by atoms with Crippen LogP contribution in [0.15, 0.2) is 24.5 Å². The van der Waals surface area contributed by atoms with Crippen molar-refractivity contribution in [2.24, 2.45) is 7.05 Å². The topological polar surface area (TPSA) is 71.8 Å². The first-order valence-corrected chi connectivity index (χ1v) is 7.08. The van der Waals surface area contributed by atoms with Crippen LogP contribution in [0.4, 0.5) is 5.82 Å². The van der Waals surface area contributed by atoms with E-state index in [0.717, 1.165) is 24.2 Å². The van der Waals surface area contributed by atoms with Gasteiger partial charge in [0.25, 0.3) is 5.91 Å². The maximum Gasteiger partial charge on any atom is 0.255 e. The van der Waals surface area contributed by atoms with Gasteiger partial charge in [-0.15, -0.1) is 0 Å². The van der Waals surface area contributed by atoms with Crippen molar-refractivity contribution in [1.82, 2.24) is 20.1 Å². The zero-order valence-corrected chi connectivity index (χ0v) is 12.7. The van der Waals surface area contributed by atoms with E-state index < -0.39 is 0 Å². The molecule has 1 amide bonds. The first-order chi connectivity index (χ1) is 10.1. The van der Waals surface area contributed by atoms with Crippen LogP contribution in [-0.2, 0) is 13.6 Å². The van der Waals surface area contributed by atoms with Crippen LogP contribution in [0.3, 0.4) is 0 Å². The average molecular weight is 287 g/mol. The molecule has 0 aliphatic heterocycles. The zero-order valence-electron chi connectivity index (χ0n) is 12.7. The van der Waals surface area contributed by atoms with Gasteiger partial charge in [0.15, 0.2) is 0 Å². The van der Waals surface area contributed by atoms with E-state index >= 15 is 0 Å². The number of carbonyl (C=O) groups excluding carboxylic acids is 1. The van der Waals surface area contributed by atoms with E-state index in [-0.39, 0.29) is 5.91 Å². The quantitative estimate of drug-likeness (QED) is 0.851. The van der Waals surface area contributed by atoms with E-state index in [1.165, 1.54) is 0 Å². The number of hydrogen-bond donors (Lipinski definition) is 2. The fraction of sp³-hybridized carbons (Fsp3) is 0.400. The Morgan fingerprint density at radius 1 is 1.43 bits per heavy atom. The summed E-state index contributed by atoms with van der Waals surface area (Å²) in [5, 5.41) is 10.2. The van der Waals surface area contributed by atoms with Crippen LogP contribution < -0.4 is 10.6 Å². The maximum atomic E-state index is 12.3. The van der Waals surface area contributed by atoms with Gasteiger partial charge in [0.1, 0.15) is 5.82 Å². The molecular formula is C15H21N5O. The number of nitrogens with zero attached hydrogens (tertiary/aromatic N) is 3. The molecule has 2 heterocycles. The Bertz CT molecular complexity index is 620. The van der Waals surface area contributed by atoms with Crippen molar-refractivity contribution in [3.05, 3.63) is 41.3 Å². The van der Waals surface area contributed by atoms with Crippen molar-refractivity contribution in [2.45, 2.75) is 26.8 Å². The minimum Gasteiger partial charge on any atom is -0.369 e. The van der Waals surface area contributed by atoms with Gasteiger partial charge in [-0.05, 0) is 25.5 Å². The molecule has 0 aromatic carbocycles. The molecule has 0 saturated carbocycles. The lowest BCUT2D eigenvalue weighted by Gasteiger charge is -2.10. The Balaban J connectivity index is 2.05. The fourth-order valence-electron chi connectivity index (χ4n) is 1.96. The number of amides is 1. The normalized spacial score (nSPS) is 10.4. The van der Waals surface area contributed by atoms with Crippen molar-refractivity contribution in [2.75, 3.05) is 11.9 Å². The molecule has 0 aliphatic rings. The predicted molar refractivity (Wildman–Crippen MR) is 82.1 cm³/mol. The van der Waals surface area contributed by atoms with Crippen molar-refractivity contribution in [3.63, 3.8) is 0 Å². The number of anilines is 1. The highest BCUT2D eigenvalue weighted by atomic mass is 16.1.